The van der Waals surface area contributed by atoms with E-state index >= 15 is 0 Å². The minimum absolute atomic E-state index is 0.0134. The highest BCUT2D eigenvalue weighted by molar-refractivity contribution is 6.15. The van der Waals surface area contributed by atoms with Crippen LogP contribution in [0.3, 0.4) is 0 Å². The monoisotopic (exact) mass is 753 g/mol. The van der Waals surface area contributed by atoms with Crippen molar-refractivity contribution in [3.63, 3.8) is 0 Å². The summed E-state index contributed by atoms with van der Waals surface area (Å²) in [4.78, 5) is 1.94. The Morgan fingerprint density at radius 3 is 1.34 bits per heavy atom. The molecule has 0 unspecified atom stereocenters. The molecule has 0 spiro atoms. The van der Waals surface area contributed by atoms with E-state index in [2.05, 4.69) is 127 Å². The fourth-order valence-electron chi connectivity index (χ4n) is 8.73. The van der Waals surface area contributed by atoms with Crippen molar-refractivity contribution in [3.8, 4) is 44.5 Å². The van der Waals surface area contributed by atoms with Gasteiger partial charge in [-0.05, 0) is 136 Å². The first-order valence-corrected chi connectivity index (χ1v) is 20.0. The number of hydrogen-bond acceptors (Lipinski definition) is 1. The molecule has 1 nitrogen and oxygen atoms in total. The Kier molecular flexibility index (Phi) is 7.55. The summed E-state index contributed by atoms with van der Waals surface area (Å²) in [6, 6.07) is 72.2. The highest BCUT2D eigenvalue weighted by Gasteiger charge is 2.19. The van der Waals surface area contributed by atoms with Gasteiger partial charge in [-0.25, -0.2) is 0 Å². The molecule has 0 aliphatic carbocycles. The zero-order valence-electron chi connectivity index (χ0n) is 36.2. The third-order valence-electron chi connectivity index (χ3n) is 11.5. The Balaban J connectivity index is 1.17. The first-order chi connectivity index (χ1) is 30.9. The number of anilines is 3. The van der Waals surface area contributed by atoms with Gasteiger partial charge < -0.3 is 4.90 Å². The van der Waals surface area contributed by atoms with Gasteiger partial charge in [0, 0.05) is 17.1 Å². The van der Waals surface area contributed by atoms with E-state index in [4.69, 9.17) is 0 Å². The molecule has 1 heteroatoms. The third-order valence-corrected chi connectivity index (χ3v) is 11.5. The number of fused-ring (bicyclic) bond motifs is 6. The summed E-state index contributed by atoms with van der Waals surface area (Å²) in [5.41, 5.74) is 8.99. The SMILES string of the molecule is [2H]c1c([2H])c(-c2cc3ccccc3c3ccccc23)c([2H])c(N(c2ccc(-c3cc4ccccc4c4ccccc34)cc2)c2ccc(-c3ccccc3)c(-c3ccccc3)c2)c1[2H]. The van der Waals surface area contributed by atoms with E-state index < -0.39 is 0 Å². The van der Waals surface area contributed by atoms with Gasteiger partial charge in [0.1, 0.15) is 0 Å². The zero-order valence-corrected chi connectivity index (χ0v) is 32.2. The second kappa shape index (κ2) is 14.6. The van der Waals surface area contributed by atoms with E-state index in [1.165, 1.54) is 10.8 Å². The molecule has 0 aromatic heterocycles. The fourth-order valence-corrected chi connectivity index (χ4v) is 8.73. The molecule has 11 rings (SSSR count). The Morgan fingerprint density at radius 2 is 0.746 bits per heavy atom. The van der Waals surface area contributed by atoms with Crippen LogP contribution in [-0.4, -0.2) is 0 Å². The van der Waals surface area contributed by atoms with Gasteiger partial charge in [0.2, 0.25) is 0 Å². The lowest BCUT2D eigenvalue weighted by Gasteiger charge is -2.28. The van der Waals surface area contributed by atoms with Crippen LogP contribution >= 0.6 is 0 Å². The molecule has 0 radical (unpaired) electrons. The Hall–Kier alpha value is -7.74. The molecule has 0 saturated carbocycles. The maximum atomic E-state index is 10.1. The summed E-state index contributed by atoms with van der Waals surface area (Å²) in [7, 11) is 0. The summed E-state index contributed by atoms with van der Waals surface area (Å²) < 4.78 is 38.6. The van der Waals surface area contributed by atoms with Gasteiger partial charge in [0.15, 0.2) is 0 Å². The normalized spacial score (nSPS) is 12.3. The summed E-state index contributed by atoms with van der Waals surface area (Å²) >= 11 is 0. The van der Waals surface area contributed by atoms with Crippen LogP contribution in [0.1, 0.15) is 5.48 Å². The van der Waals surface area contributed by atoms with E-state index in [1.54, 1.807) is 0 Å². The molecule has 59 heavy (non-hydrogen) atoms. The molecule has 0 heterocycles. The van der Waals surface area contributed by atoms with Gasteiger partial charge in [-0.3, -0.25) is 0 Å². The Morgan fingerprint density at radius 1 is 0.288 bits per heavy atom. The van der Waals surface area contributed by atoms with Crippen molar-refractivity contribution in [3.05, 3.63) is 236 Å². The van der Waals surface area contributed by atoms with Crippen LogP contribution in [0.4, 0.5) is 17.1 Å². The number of nitrogens with zero attached hydrogens (tertiary/aromatic N) is 1. The second-order valence-corrected chi connectivity index (χ2v) is 14.9. The summed E-state index contributed by atoms with van der Waals surface area (Å²) in [5, 5.41) is 8.66. The molecule has 11 aromatic rings. The molecule has 0 saturated heterocycles. The average Bonchev–Trinajstić information content (AvgIpc) is 3.35. The zero-order chi connectivity index (χ0) is 42.6. The van der Waals surface area contributed by atoms with Crippen molar-refractivity contribution < 1.29 is 5.48 Å². The number of rotatable bonds is 7. The molecule has 0 N–H and O–H groups in total. The van der Waals surface area contributed by atoms with Crippen LogP contribution in [0.25, 0.3) is 87.6 Å². The van der Waals surface area contributed by atoms with Crippen molar-refractivity contribution >= 4 is 60.2 Å². The molecular weight excluding hydrogens is 711 g/mol. The van der Waals surface area contributed by atoms with Crippen LogP contribution < -0.4 is 4.90 Å². The molecule has 0 amide bonds. The van der Waals surface area contributed by atoms with Crippen LogP contribution in [0.2, 0.25) is 0 Å². The van der Waals surface area contributed by atoms with Crippen LogP contribution in [-0.2, 0) is 0 Å². The molecule has 11 aromatic carbocycles. The lowest BCUT2D eigenvalue weighted by atomic mass is 9.92. The lowest BCUT2D eigenvalue weighted by molar-refractivity contribution is 1.28. The van der Waals surface area contributed by atoms with Crippen molar-refractivity contribution in [1.82, 2.24) is 0 Å². The van der Waals surface area contributed by atoms with E-state index in [1.807, 2.05) is 89.8 Å². The maximum absolute atomic E-state index is 10.1. The highest BCUT2D eigenvalue weighted by Crippen LogP contribution is 2.44. The van der Waals surface area contributed by atoms with Gasteiger partial charge in [-0.1, -0.05) is 188 Å². The fraction of sp³-hybridized carbons (Fsp3) is 0. The highest BCUT2D eigenvalue weighted by atomic mass is 15.1. The van der Waals surface area contributed by atoms with Gasteiger partial charge in [0.25, 0.3) is 0 Å². The topological polar surface area (TPSA) is 3.24 Å². The summed E-state index contributed by atoms with van der Waals surface area (Å²) in [5.74, 6) is 0. The first kappa shape index (κ1) is 30.4. The molecular formula is C58H39N. The van der Waals surface area contributed by atoms with E-state index in [9.17, 15) is 5.48 Å². The molecule has 0 fully saturated rings. The maximum Gasteiger partial charge on any atom is 0.0651 e. The summed E-state index contributed by atoms with van der Waals surface area (Å²) in [6.45, 7) is 0. The number of benzene rings is 11. The predicted octanol–water partition coefficient (Wildman–Crippen LogP) is 16.4. The molecule has 276 valence electrons. The van der Waals surface area contributed by atoms with E-state index in [0.29, 0.717) is 11.1 Å². The van der Waals surface area contributed by atoms with Crippen molar-refractivity contribution in [1.29, 1.82) is 0 Å². The molecule has 0 atom stereocenters. The van der Waals surface area contributed by atoms with Crippen molar-refractivity contribution in [2.45, 2.75) is 0 Å². The van der Waals surface area contributed by atoms with Crippen LogP contribution in [0.15, 0.2) is 236 Å². The quantitative estimate of drug-likeness (QED) is 0.147. The molecule has 0 aliphatic heterocycles. The summed E-state index contributed by atoms with van der Waals surface area (Å²) in [6.07, 6.45) is 0. The van der Waals surface area contributed by atoms with Gasteiger partial charge in [0.05, 0.1) is 5.48 Å². The Bertz CT molecular complexity index is 3550. The smallest absolute Gasteiger partial charge is 0.0651 e. The molecule has 0 aliphatic rings. The van der Waals surface area contributed by atoms with E-state index in [0.717, 1.165) is 77.1 Å². The second-order valence-electron chi connectivity index (χ2n) is 14.9. The van der Waals surface area contributed by atoms with E-state index in [-0.39, 0.29) is 29.9 Å². The van der Waals surface area contributed by atoms with Gasteiger partial charge in [-0.15, -0.1) is 0 Å². The third kappa shape index (κ3) is 6.21. The largest absolute Gasteiger partial charge is 0.310 e. The predicted molar refractivity (Wildman–Crippen MR) is 253 cm³/mol. The lowest BCUT2D eigenvalue weighted by Crippen LogP contribution is -2.10. The van der Waals surface area contributed by atoms with Crippen LogP contribution in [0, 0.1) is 0 Å². The molecule has 0 bridgehead atoms. The van der Waals surface area contributed by atoms with Crippen molar-refractivity contribution in [2.75, 3.05) is 4.90 Å². The minimum Gasteiger partial charge on any atom is -0.310 e. The van der Waals surface area contributed by atoms with Gasteiger partial charge in [-0.2, -0.15) is 0 Å². The van der Waals surface area contributed by atoms with Crippen LogP contribution in [0.5, 0.6) is 0 Å². The first-order valence-electron chi connectivity index (χ1n) is 22.0. The standard InChI is InChI=1S/C58H39N/c1-3-16-40(17-4-1)51-35-34-48(39-58(51)41-18-5-2-6-19-41)59(46-32-30-42(31-33-46)56-37-44-20-7-9-24-49(44)52-26-11-13-28-54(52)56)47-23-15-22-43(36-47)57-38-45-21-8-10-25-50(45)53-27-12-14-29-55(53)57/h1-39H/i15D,22D,23D,36D. The van der Waals surface area contributed by atoms with Crippen molar-refractivity contribution in [2.24, 2.45) is 0 Å². The Labute approximate surface area is 350 Å². The van der Waals surface area contributed by atoms with Gasteiger partial charge >= 0.3 is 0 Å². The number of hydrogen-bond donors (Lipinski definition) is 0. The minimum atomic E-state index is -0.235. The average molecular weight is 754 g/mol.